The molecule has 0 spiro atoms. The van der Waals surface area contributed by atoms with Crippen molar-refractivity contribution >= 4 is 17.7 Å². The Hall–Kier alpha value is -0.220. The Morgan fingerprint density at radius 2 is 1.94 bits per heavy atom. The van der Waals surface area contributed by atoms with Crippen molar-refractivity contribution in [3.05, 3.63) is 0 Å². The highest BCUT2D eigenvalue weighted by atomic mass is 32.2. The summed E-state index contributed by atoms with van der Waals surface area (Å²) in [7, 11) is 0. The Kier molecular flexibility index (Phi) is 6.21. The van der Waals surface area contributed by atoms with Gasteiger partial charge in [-0.1, -0.05) is 6.92 Å². The van der Waals surface area contributed by atoms with Crippen LogP contribution in [-0.2, 0) is 4.79 Å². The lowest BCUT2D eigenvalue weighted by Crippen LogP contribution is -2.40. The monoisotopic (exact) mass is 245 g/mol. The van der Waals surface area contributed by atoms with Crippen molar-refractivity contribution in [1.29, 1.82) is 0 Å². The van der Waals surface area contributed by atoms with Gasteiger partial charge in [-0.2, -0.15) is 0 Å². The van der Waals surface area contributed by atoms with Gasteiger partial charge in [0.2, 0.25) is 5.91 Å². The number of piperidine rings is 1. The smallest absolute Gasteiger partial charge is 0.235 e. The van der Waals surface area contributed by atoms with Crippen molar-refractivity contribution < 1.29 is 9.90 Å². The van der Waals surface area contributed by atoms with E-state index >= 15 is 0 Å². The minimum Gasteiger partial charge on any atom is -0.396 e. The highest BCUT2D eigenvalue weighted by Crippen LogP contribution is 2.19. The lowest BCUT2D eigenvalue weighted by atomic mass is 10.1. The fraction of sp³-hybridized carbons (Fsp3) is 0.917. The molecule has 0 aromatic carbocycles. The highest BCUT2D eigenvalue weighted by molar-refractivity contribution is 8.00. The molecular weight excluding hydrogens is 222 g/mol. The summed E-state index contributed by atoms with van der Waals surface area (Å²) in [6.45, 7) is 6.05. The van der Waals surface area contributed by atoms with Crippen LogP contribution in [0.2, 0.25) is 0 Å². The summed E-state index contributed by atoms with van der Waals surface area (Å²) in [5.74, 6) is 1.41. The summed E-state index contributed by atoms with van der Waals surface area (Å²) in [6.07, 6.45) is 3.55. The van der Waals surface area contributed by atoms with Crippen LogP contribution >= 0.6 is 11.8 Å². The van der Waals surface area contributed by atoms with Gasteiger partial charge in [-0.25, -0.2) is 0 Å². The van der Waals surface area contributed by atoms with Crippen molar-refractivity contribution in [1.82, 2.24) is 4.90 Å². The van der Waals surface area contributed by atoms with E-state index in [1.54, 1.807) is 11.8 Å². The number of carbonyl (C=O) groups is 1. The van der Waals surface area contributed by atoms with Crippen LogP contribution in [0, 0.1) is 5.92 Å². The number of nitrogens with zero attached hydrogens (tertiary/aromatic N) is 1. The molecule has 0 radical (unpaired) electrons. The molecule has 0 aliphatic carbocycles. The van der Waals surface area contributed by atoms with E-state index in [1.807, 2.05) is 18.7 Å². The summed E-state index contributed by atoms with van der Waals surface area (Å²) in [6, 6.07) is 0. The molecule has 1 saturated heterocycles. The van der Waals surface area contributed by atoms with Crippen LogP contribution in [0.4, 0.5) is 0 Å². The second-order valence-corrected chi connectivity index (χ2v) is 6.02. The quantitative estimate of drug-likeness (QED) is 0.802. The molecule has 0 bridgehead atoms. The van der Waals surface area contributed by atoms with Crippen molar-refractivity contribution in [2.75, 3.05) is 25.4 Å². The van der Waals surface area contributed by atoms with Gasteiger partial charge in [0, 0.05) is 19.7 Å². The summed E-state index contributed by atoms with van der Waals surface area (Å²) in [5.41, 5.74) is 0. The number of aliphatic hydroxyl groups is 1. The maximum absolute atomic E-state index is 12.0. The zero-order valence-corrected chi connectivity index (χ0v) is 11.1. The lowest BCUT2D eigenvalue weighted by Gasteiger charge is -2.29. The maximum Gasteiger partial charge on any atom is 0.235 e. The third kappa shape index (κ3) is 4.34. The Labute approximate surface area is 103 Å². The molecule has 2 unspecified atom stereocenters. The van der Waals surface area contributed by atoms with Crippen LogP contribution in [0.25, 0.3) is 0 Å². The number of hydrogen-bond acceptors (Lipinski definition) is 3. The molecule has 0 aromatic rings. The molecule has 0 saturated carbocycles. The standard InChI is InChI=1S/C12H23NO2S/c1-10(8-14)9-16-11(2)12(15)13-6-4-3-5-7-13/h10-11,14H,3-9H2,1-2H3. The van der Waals surface area contributed by atoms with E-state index in [0.717, 1.165) is 31.7 Å². The Balaban J connectivity index is 2.29. The van der Waals surface area contributed by atoms with Crippen molar-refractivity contribution in [2.45, 2.75) is 38.4 Å². The molecule has 1 rings (SSSR count). The number of hydrogen-bond donors (Lipinski definition) is 1. The van der Waals surface area contributed by atoms with Gasteiger partial charge in [0.25, 0.3) is 0 Å². The zero-order valence-electron chi connectivity index (χ0n) is 10.3. The number of thioether (sulfide) groups is 1. The Morgan fingerprint density at radius 3 is 2.50 bits per heavy atom. The second-order valence-electron chi connectivity index (χ2n) is 4.65. The van der Waals surface area contributed by atoms with Crippen LogP contribution in [0.5, 0.6) is 0 Å². The van der Waals surface area contributed by atoms with E-state index in [9.17, 15) is 4.79 Å². The Morgan fingerprint density at radius 1 is 1.31 bits per heavy atom. The first-order valence-corrected chi connectivity index (χ1v) is 7.21. The first-order chi connectivity index (χ1) is 7.65. The van der Waals surface area contributed by atoms with E-state index in [4.69, 9.17) is 5.11 Å². The number of aliphatic hydroxyl groups excluding tert-OH is 1. The molecule has 1 aliphatic rings. The third-order valence-corrected chi connectivity index (χ3v) is 4.42. The van der Waals surface area contributed by atoms with Gasteiger partial charge in [0.1, 0.15) is 0 Å². The third-order valence-electron chi connectivity index (χ3n) is 2.96. The van der Waals surface area contributed by atoms with E-state index in [1.165, 1.54) is 6.42 Å². The zero-order chi connectivity index (χ0) is 12.0. The molecule has 3 nitrogen and oxygen atoms in total. The van der Waals surface area contributed by atoms with Gasteiger partial charge in [-0.15, -0.1) is 11.8 Å². The minimum atomic E-state index is 0.0344. The number of likely N-dealkylation sites (tertiary alicyclic amines) is 1. The molecule has 0 aromatic heterocycles. The van der Waals surface area contributed by atoms with Crippen LogP contribution < -0.4 is 0 Å². The molecular formula is C12H23NO2S. The van der Waals surface area contributed by atoms with Gasteiger partial charge in [0.15, 0.2) is 0 Å². The highest BCUT2D eigenvalue weighted by Gasteiger charge is 2.22. The fourth-order valence-corrected chi connectivity index (χ4v) is 2.82. The summed E-state index contributed by atoms with van der Waals surface area (Å²) in [5, 5.41) is 8.96. The number of rotatable bonds is 5. The van der Waals surface area contributed by atoms with Crippen molar-refractivity contribution in [3.63, 3.8) is 0 Å². The van der Waals surface area contributed by atoms with E-state index in [0.29, 0.717) is 0 Å². The number of carbonyl (C=O) groups excluding carboxylic acids is 1. The van der Waals surface area contributed by atoms with E-state index in [2.05, 4.69) is 0 Å². The van der Waals surface area contributed by atoms with Crippen LogP contribution in [0.3, 0.4) is 0 Å². The van der Waals surface area contributed by atoms with Gasteiger partial charge in [-0.3, -0.25) is 4.79 Å². The maximum atomic E-state index is 12.0. The van der Waals surface area contributed by atoms with Crippen molar-refractivity contribution in [3.8, 4) is 0 Å². The largest absolute Gasteiger partial charge is 0.396 e. The first-order valence-electron chi connectivity index (χ1n) is 6.16. The number of amides is 1. The lowest BCUT2D eigenvalue weighted by molar-refractivity contribution is -0.131. The predicted molar refractivity (Wildman–Crippen MR) is 68.6 cm³/mol. The van der Waals surface area contributed by atoms with Crippen LogP contribution in [-0.4, -0.2) is 46.6 Å². The van der Waals surface area contributed by atoms with Crippen molar-refractivity contribution in [2.24, 2.45) is 5.92 Å². The topological polar surface area (TPSA) is 40.5 Å². The molecule has 2 atom stereocenters. The molecule has 1 aliphatic heterocycles. The second kappa shape index (κ2) is 7.17. The predicted octanol–water partition coefficient (Wildman–Crippen LogP) is 1.75. The van der Waals surface area contributed by atoms with Gasteiger partial charge < -0.3 is 10.0 Å². The molecule has 1 heterocycles. The first kappa shape index (κ1) is 13.8. The van der Waals surface area contributed by atoms with Crippen LogP contribution in [0.1, 0.15) is 33.1 Å². The normalized spacial score (nSPS) is 20.6. The van der Waals surface area contributed by atoms with E-state index in [-0.39, 0.29) is 23.7 Å². The fourth-order valence-electron chi connectivity index (χ4n) is 1.80. The molecule has 1 N–H and O–H groups in total. The molecule has 1 amide bonds. The summed E-state index contributed by atoms with van der Waals surface area (Å²) >= 11 is 1.66. The molecule has 94 valence electrons. The Bertz CT molecular complexity index is 217. The van der Waals surface area contributed by atoms with Gasteiger partial charge in [-0.05, 0) is 37.9 Å². The van der Waals surface area contributed by atoms with Gasteiger partial charge >= 0.3 is 0 Å². The molecule has 4 heteroatoms. The van der Waals surface area contributed by atoms with Crippen LogP contribution in [0.15, 0.2) is 0 Å². The average Bonchev–Trinajstić information content (AvgIpc) is 2.35. The SMILES string of the molecule is CC(CO)CSC(C)C(=O)N1CCCCC1. The molecule has 16 heavy (non-hydrogen) atoms. The summed E-state index contributed by atoms with van der Waals surface area (Å²) in [4.78, 5) is 14.0. The van der Waals surface area contributed by atoms with E-state index < -0.39 is 0 Å². The minimum absolute atomic E-state index is 0.0344. The van der Waals surface area contributed by atoms with Gasteiger partial charge in [0.05, 0.1) is 5.25 Å². The average molecular weight is 245 g/mol. The molecule has 1 fully saturated rings. The summed E-state index contributed by atoms with van der Waals surface area (Å²) < 4.78 is 0.